The van der Waals surface area contributed by atoms with Gasteiger partial charge >= 0.3 is 11.9 Å². The molecule has 0 bridgehead atoms. The van der Waals surface area contributed by atoms with Crippen LogP contribution in [0.25, 0.3) is 0 Å². The summed E-state index contributed by atoms with van der Waals surface area (Å²) in [5.41, 5.74) is 4.94. The van der Waals surface area contributed by atoms with Crippen LogP contribution in [0.2, 0.25) is 5.02 Å². The molecule has 0 saturated heterocycles. The Kier molecular flexibility index (Phi) is 5.11. The zero-order chi connectivity index (χ0) is 14.8. The highest BCUT2D eigenvalue weighted by molar-refractivity contribution is 9.10. The van der Waals surface area contributed by atoms with E-state index in [2.05, 4.69) is 20.7 Å². The predicted molar refractivity (Wildman–Crippen MR) is 69.3 cm³/mol. The van der Waals surface area contributed by atoms with E-state index in [1.807, 2.05) is 0 Å². The molecule has 19 heavy (non-hydrogen) atoms. The maximum Gasteiger partial charge on any atom is 0.379 e. The SMILES string of the molecule is CCOC(=O)C(F)(F)[C@@H](N)c1c(Cl)ccc(Br)c1O. The summed E-state index contributed by atoms with van der Waals surface area (Å²) in [5.74, 6) is -6.31. The molecule has 0 aliphatic rings. The second-order valence-corrected chi connectivity index (χ2v) is 4.87. The van der Waals surface area contributed by atoms with Crippen LogP contribution in [-0.2, 0) is 9.53 Å². The molecule has 3 N–H and O–H groups in total. The van der Waals surface area contributed by atoms with Crippen LogP contribution in [-0.4, -0.2) is 23.6 Å². The lowest BCUT2D eigenvalue weighted by Crippen LogP contribution is -2.42. The zero-order valence-corrected chi connectivity index (χ0v) is 12.1. The third-order valence-electron chi connectivity index (χ3n) is 2.36. The molecule has 8 heteroatoms. The number of benzene rings is 1. The van der Waals surface area contributed by atoms with Gasteiger partial charge in [-0.2, -0.15) is 8.78 Å². The molecule has 0 aliphatic carbocycles. The number of phenols is 1. The summed E-state index contributed by atoms with van der Waals surface area (Å²) in [7, 11) is 0. The molecule has 0 fully saturated rings. The molecule has 0 amide bonds. The van der Waals surface area contributed by atoms with Crippen LogP contribution in [0.3, 0.4) is 0 Å². The average Bonchev–Trinajstić information content (AvgIpc) is 2.34. The lowest BCUT2D eigenvalue weighted by Gasteiger charge is -2.23. The van der Waals surface area contributed by atoms with E-state index in [-0.39, 0.29) is 16.1 Å². The van der Waals surface area contributed by atoms with Crippen molar-refractivity contribution in [3.05, 3.63) is 27.2 Å². The molecule has 1 aromatic carbocycles. The number of nitrogens with two attached hydrogens (primary N) is 1. The topological polar surface area (TPSA) is 72.5 Å². The molecule has 4 nitrogen and oxygen atoms in total. The zero-order valence-electron chi connectivity index (χ0n) is 9.79. The van der Waals surface area contributed by atoms with Crippen molar-refractivity contribution < 1.29 is 23.4 Å². The van der Waals surface area contributed by atoms with E-state index >= 15 is 0 Å². The summed E-state index contributed by atoms with van der Waals surface area (Å²) in [6, 6.07) is 0.537. The second-order valence-electron chi connectivity index (χ2n) is 3.61. The fraction of sp³-hybridized carbons (Fsp3) is 0.364. The molecule has 1 aromatic rings. The molecule has 0 spiro atoms. The Bertz CT molecular complexity index is 499. The van der Waals surface area contributed by atoms with Crippen LogP contribution in [0.5, 0.6) is 5.75 Å². The monoisotopic (exact) mass is 357 g/mol. The van der Waals surface area contributed by atoms with Crippen molar-refractivity contribution >= 4 is 33.5 Å². The molecule has 1 atom stereocenters. The lowest BCUT2D eigenvalue weighted by atomic mass is 10.0. The average molecular weight is 359 g/mol. The van der Waals surface area contributed by atoms with E-state index in [4.69, 9.17) is 17.3 Å². The summed E-state index contributed by atoms with van der Waals surface area (Å²) in [6.45, 7) is 1.18. The van der Waals surface area contributed by atoms with Gasteiger partial charge in [-0.25, -0.2) is 4.79 Å². The fourth-order valence-corrected chi connectivity index (χ4v) is 2.00. The van der Waals surface area contributed by atoms with Crippen molar-refractivity contribution in [3.8, 4) is 5.75 Å². The number of aromatic hydroxyl groups is 1. The van der Waals surface area contributed by atoms with Gasteiger partial charge in [-0.15, -0.1) is 0 Å². The Morgan fingerprint density at radius 3 is 2.74 bits per heavy atom. The maximum atomic E-state index is 13.8. The van der Waals surface area contributed by atoms with Gasteiger partial charge in [0.15, 0.2) is 0 Å². The number of phenolic OH excluding ortho intramolecular Hbond substituents is 1. The number of rotatable bonds is 4. The second kappa shape index (κ2) is 6.02. The van der Waals surface area contributed by atoms with Crippen molar-refractivity contribution in [2.45, 2.75) is 18.9 Å². The van der Waals surface area contributed by atoms with E-state index in [1.54, 1.807) is 0 Å². The van der Waals surface area contributed by atoms with Crippen molar-refractivity contribution in [1.29, 1.82) is 0 Å². The standard InChI is InChI=1S/C11H11BrClF2NO3/c1-2-19-10(18)11(14,15)9(16)7-6(13)4-3-5(12)8(7)17/h3-4,9,17H,2,16H2,1H3/t9-/m0/s1. The fourth-order valence-electron chi connectivity index (χ4n) is 1.39. The van der Waals surface area contributed by atoms with E-state index in [9.17, 15) is 18.7 Å². The largest absolute Gasteiger partial charge is 0.506 e. The van der Waals surface area contributed by atoms with Gasteiger partial charge in [0.2, 0.25) is 0 Å². The van der Waals surface area contributed by atoms with Gasteiger partial charge in [0.1, 0.15) is 11.8 Å². The minimum atomic E-state index is -4.00. The smallest absolute Gasteiger partial charge is 0.379 e. The summed E-state index contributed by atoms with van der Waals surface area (Å²) in [6.07, 6.45) is 0. The van der Waals surface area contributed by atoms with Crippen molar-refractivity contribution in [2.75, 3.05) is 6.61 Å². The Balaban J connectivity index is 3.23. The number of esters is 1. The molecular weight excluding hydrogens is 347 g/mol. The molecule has 0 saturated carbocycles. The summed E-state index contributed by atoms with van der Waals surface area (Å²) >= 11 is 8.70. The van der Waals surface area contributed by atoms with Crippen LogP contribution in [0.1, 0.15) is 18.5 Å². The maximum absolute atomic E-state index is 13.8. The first-order valence-corrected chi connectivity index (χ1v) is 6.38. The van der Waals surface area contributed by atoms with Gasteiger partial charge in [-0.05, 0) is 35.0 Å². The molecule has 0 heterocycles. The quantitative estimate of drug-likeness (QED) is 0.812. The van der Waals surface area contributed by atoms with Crippen LogP contribution < -0.4 is 5.73 Å². The number of hydrogen-bond acceptors (Lipinski definition) is 4. The molecule has 106 valence electrons. The Labute approximate surface area is 121 Å². The summed E-state index contributed by atoms with van der Waals surface area (Å²) < 4.78 is 32.0. The number of ether oxygens (including phenoxy) is 1. The van der Waals surface area contributed by atoms with Gasteiger partial charge in [0, 0.05) is 10.6 Å². The molecule has 0 unspecified atom stereocenters. The Morgan fingerprint density at radius 2 is 2.21 bits per heavy atom. The van der Waals surface area contributed by atoms with Crippen molar-refractivity contribution in [3.63, 3.8) is 0 Å². The Morgan fingerprint density at radius 1 is 1.63 bits per heavy atom. The van der Waals surface area contributed by atoms with Gasteiger partial charge in [-0.1, -0.05) is 11.6 Å². The van der Waals surface area contributed by atoms with Crippen LogP contribution in [0, 0.1) is 0 Å². The number of carbonyl (C=O) groups excluding carboxylic acids is 1. The normalized spacial score (nSPS) is 13.2. The number of alkyl halides is 2. The van der Waals surface area contributed by atoms with Gasteiger partial charge in [0.25, 0.3) is 0 Å². The van der Waals surface area contributed by atoms with Gasteiger partial charge in [-0.3, -0.25) is 0 Å². The van der Waals surface area contributed by atoms with Gasteiger partial charge in [0.05, 0.1) is 11.1 Å². The first kappa shape index (κ1) is 16.1. The highest BCUT2D eigenvalue weighted by Gasteiger charge is 2.49. The third kappa shape index (κ3) is 3.16. The number of hydrogen-bond donors (Lipinski definition) is 2. The van der Waals surface area contributed by atoms with Crippen LogP contribution >= 0.6 is 27.5 Å². The minimum Gasteiger partial charge on any atom is -0.506 e. The molecular formula is C11H11BrClF2NO3. The highest BCUT2D eigenvalue weighted by Crippen LogP contribution is 2.42. The molecule has 0 radical (unpaired) electrons. The Hall–Kier alpha value is -0.920. The minimum absolute atomic E-state index is 0.141. The van der Waals surface area contributed by atoms with E-state index in [0.29, 0.717) is 0 Å². The predicted octanol–water partition coefficient (Wildman–Crippen LogP) is 3.01. The third-order valence-corrected chi connectivity index (χ3v) is 3.33. The first-order chi connectivity index (χ1) is 8.73. The highest BCUT2D eigenvalue weighted by atomic mass is 79.9. The van der Waals surface area contributed by atoms with E-state index < -0.39 is 29.2 Å². The van der Waals surface area contributed by atoms with Crippen LogP contribution in [0.4, 0.5) is 8.78 Å². The summed E-state index contributed by atoms with van der Waals surface area (Å²) in [4.78, 5) is 11.2. The molecule has 1 rings (SSSR count). The van der Waals surface area contributed by atoms with Crippen molar-refractivity contribution in [2.24, 2.45) is 5.73 Å². The van der Waals surface area contributed by atoms with Crippen molar-refractivity contribution in [1.82, 2.24) is 0 Å². The molecule has 0 aromatic heterocycles. The van der Waals surface area contributed by atoms with E-state index in [1.165, 1.54) is 19.1 Å². The number of carbonyl (C=O) groups is 1. The van der Waals surface area contributed by atoms with Gasteiger partial charge < -0.3 is 15.6 Å². The summed E-state index contributed by atoms with van der Waals surface area (Å²) in [5, 5.41) is 9.56. The molecule has 0 aliphatic heterocycles. The first-order valence-electron chi connectivity index (χ1n) is 5.20. The number of halogens is 4. The van der Waals surface area contributed by atoms with E-state index in [0.717, 1.165) is 0 Å². The van der Waals surface area contributed by atoms with Crippen LogP contribution in [0.15, 0.2) is 16.6 Å². The lowest BCUT2D eigenvalue weighted by molar-refractivity contribution is -0.174.